The molecule has 0 radical (unpaired) electrons. The van der Waals surface area contributed by atoms with Crippen molar-refractivity contribution in [3.63, 3.8) is 0 Å². The summed E-state index contributed by atoms with van der Waals surface area (Å²) >= 11 is 5.18. The molecule has 0 fully saturated rings. The minimum absolute atomic E-state index is 0.245. The van der Waals surface area contributed by atoms with Crippen LogP contribution >= 0.6 is 12.2 Å². The van der Waals surface area contributed by atoms with Crippen LogP contribution in [-0.4, -0.2) is 37.0 Å². The van der Waals surface area contributed by atoms with Crippen LogP contribution in [-0.2, 0) is 25.8 Å². The third-order valence-electron chi connectivity index (χ3n) is 5.01. The van der Waals surface area contributed by atoms with Gasteiger partial charge in [-0.15, -0.1) is 0 Å². The fraction of sp³-hybridized carbons (Fsp3) is 0.368. The number of hydrogen-bond donors (Lipinski definition) is 2. The van der Waals surface area contributed by atoms with Crippen LogP contribution in [0.5, 0.6) is 0 Å². The number of H-pyrrole nitrogens is 1. The van der Waals surface area contributed by atoms with Crippen LogP contribution in [0.3, 0.4) is 0 Å². The van der Waals surface area contributed by atoms with Crippen LogP contribution in [0.15, 0.2) is 24.3 Å². The lowest BCUT2D eigenvalue weighted by Crippen LogP contribution is -2.27. The quantitative estimate of drug-likeness (QED) is 0.624. The molecule has 0 aliphatic heterocycles. The Morgan fingerprint density at radius 1 is 1.36 bits per heavy atom. The smallest absolute Gasteiger partial charge is 0.272 e. The number of hydrogen-bond acceptors (Lipinski definition) is 4. The molecule has 7 nitrogen and oxygen atoms in total. The van der Waals surface area contributed by atoms with E-state index < -0.39 is 0 Å². The predicted octanol–water partition coefficient (Wildman–Crippen LogP) is 2.75. The number of para-hydroxylation sites is 1. The maximum absolute atomic E-state index is 14.2. The molecule has 1 aliphatic rings. The van der Waals surface area contributed by atoms with Gasteiger partial charge in [-0.3, -0.25) is 9.89 Å². The van der Waals surface area contributed by atoms with Gasteiger partial charge in [0.1, 0.15) is 17.3 Å². The van der Waals surface area contributed by atoms with E-state index >= 15 is 0 Å². The Hall–Kier alpha value is -2.81. The van der Waals surface area contributed by atoms with E-state index in [4.69, 9.17) is 12.2 Å². The third-order valence-corrected chi connectivity index (χ3v) is 5.33. The van der Waals surface area contributed by atoms with Gasteiger partial charge in [0.05, 0.1) is 0 Å². The minimum atomic E-state index is -0.353. The van der Waals surface area contributed by atoms with E-state index in [-0.39, 0.29) is 11.7 Å². The summed E-state index contributed by atoms with van der Waals surface area (Å²) in [6.45, 7) is 3.13. The van der Waals surface area contributed by atoms with E-state index in [0.717, 1.165) is 42.9 Å². The number of carbonyl (C=O) groups excluding carboxylic acids is 1. The molecular formula is C19H21FN6OS. The fourth-order valence-electron chi connectivity index (χ4n) is 3.68. The highest BCUT2D eigenvalue weighted by Gasteiger charge is 2.27. The van der Waals surface area contributed by atoms with Crippen LogP contribution in [0.25, 0.3) is 5.69 Å². The maximum Gasteiger partial charge on any atom is 0.272 e. The van der Waals surface area contributed by atoms with Gasteiger partial charge in [0.15, 0.2) is 10.5 Å². The van der Waals surface area contributed by atoms with E-state index in [9.17, 15) is 9.18 Å². The minimum Gasteiger partial charge on any atom is -0.350 e. The van der Waals surface area contributed by atoms with Gasteiger partial charge in [0, 0.05) is 30.8 Å². The number of nitrogens with zero attached hydrogens (tertiary/aromatic N) is 4. The Labute approximate surface area is 166 Å². The van der Waals surface area contributed by atoms with Crippen LogP contribution in [0.2, 0.25) is 0 Å². The van der Waals surface area contributed by atoms with Gasteiger partial charge in [-0.2, -0.15) is 10.2 Å². The summed E-state index contributed by atoms with van der Waals surface area (Å²) in [5.74, 6) is 0.203. The second-order valence-electron chi connectivity index (χ2n) is 6.69. The molecule has 0 saturated carbocycles. The second-order valence-corrected chi connectivity index (χ2v) is 7.07. The zero-order valence-electron chi connectivity index (χ0n) is 15.5. The van der Waals surface area contributed by atoms with Crippen molar-refractivity contribution in [3.8, 4) is 5.69 Å². The Balaban J connectivity index is 1.53. The topological polar surface area (TPSA) is 80.5 Å². The first kappa shape index (κ1) is 18.5. The molecule has 3 aromatic rings. The Kier molecular flexibility index (Phi) is 5.08. The largest absolute Gasteiger partial charge is 0.350 e. The molecule has 1 aliphatic carbocycles. The Bertz CT molecular complexity index is 1080. The number of benzene rings is 1. The number of aromatic amines is 1. The first-order valence-electron chi connectivity index (χ1n) is 9.38. The highest BCUT2D eigenvalue weighted by Crippen LogP contribution is 2.28. The van der Waals surface area contributed by atoms with Crippen molar-refractivity contribution in [2.45, 2.75) is 39.2 Å². The molecule has 2 aromatic heterocycles. The summed E-state index contributed by atoms with van der Waals surface area (Å²) in [6, 6.07) is 6.48. The van der Waals surface area contributed by atoms with Crippen molar-refractivity contribution >= 4 is 18.1 Å². The number of carbonyl (C=O) groups is 1. The molecule has 28 heavy (non-hydrogen) atoms. The van der Waals surface area contributed by atoms with Gasteiger partial charge in [-0.25, -0.2) is 9.07 Å². The molecule has 0 saturated heterocycles. The first-order chi connectivity index (χ1) is 13.6. The first-order valence-corrected chi connectivity index (χ1v) is 9.79. The average molecular weight is 400 g/mol. The molecular weight excluding hydrogens is 379 g/mol. The number of rotatable bonds is 6. The van der Waals surface area contributed by atoms with E-state index in [0.29, 0.717) is 29.1 Å². The van der Waals surface area contributed by atoms with Gasteiger partial charge in [0.2, 0.25) is 0 Å². The van der Waals surface area contributed by atoms with E-state index in [1.54, 1.807) is 22.9 Å². The van der Waals surface area contributed by atoms with E-state index in [2.05, 4.69) is 20.6 Å². The highest BCUT2D eigenvalue weighted by atomic mass is 32.1. The molecule has 2 N–H and O–H groups in total. The lowest BCUT2D eigenvalue weighted by atomic mass is 10.2. The summed E-state index contributed by atoms with van der Waals surface area (Å²) in [7, 11) is 0. The summed E-state index contributed by atoms with van der Waals surface area (Å²) in [5, 5.41) is 14.3. The fourth-order valence-corrected chi connectivity index (χ4v) is 3.96. The molecule has 4 rings (SSSR count). The summed E-state index contributed by atoms with van der Waals surface area (Å²) < 4.78 is 18.3. The lowest BCUT2D eigenvalue weighted by Gasteiger charge is -2.07. The van der Waals surface area contributed by atoms with Crippen LogP contribution in [0.1, 0.15) is 40.9 Å². The van der Waals surface area contributed by atoms with Crippen LogP contribution < -0.4 is 5.32 Å². The summed E-state index contributed by atoms with van der Waals surface area (Å²) in [6.07, 6.45) is 3.06. The van der Waals surface area contributed by atoms with Gasteiger partial charge < -0.3 is 9.88 Å². The third kappa shape index (κ3) is 3.26. The van der Waals surface area contributed by atoms with Crippen LogP contribution in [0.4, 0.5) is 4.39 Å². The van der Waals surface area contributed by atoms with Crippen molar-refractivity contribution in [2.75, 3.05) is 6.54 Å². The zero-order valence-corrected chi connectivity index (χ0v) is 16.4. The predicted molar refractivity (Wildman–Crippen MR) is 105 cm³/mol. The maximum atomic E-state index is 14.2. The molecule has 146 valence electrons. The highest BCUT2D eigenvalue weighted by molar-refractivity contribution is 7.71. The van der Waals surface area contributed by atoms with Crippen molar-refractivity contribution in [3.05, 3.63) is 57.6 Å². The molecule has 0 atom stereocenters. The van der Waals surface area contributed by atoms with Gasteiger partial charge in [-0.1, -0.05) is 12.1 Å². The molecule has 2 heterocycles. The lowest BCUT2D eigenvalue weighted by molar-refractivity contribution is 0.0947. The standard InChI is InChI=1S/C19H21FN6OS/c1-2-25-16(22-23-19(25)28)10-11-21-18(27)17-12-6-5-9-14(12)26(24-17)15-8-4-3-7-13(15)20/h3-4,7-8H,2,5-6,9-11H2,1H3,(H,21,27)(H,23,28). The Morgan fingerprint density at radius 3 is 2.96 bits per heavy atom. The van der Waals surface area contributed by atoms with E-state index in [1.807, 2.05) is 11.5 Å². The van der Waals surface area contributed by atoms with Gasteiger partial charge in [0.25, 0.3) is 5.91 Å². The summed E-state index contributed by atoms with van der Waals surface area (Å²) in [4.78, 5) is 12.7. The Morgan fingerprint density at radius 2 is 2.18 bits per heavy atom. The number of halogens is 1. The molecule has 0 bridgehead atoms. The number of amides is 1. The van der Waals surface area contributed by atoms with Gasteiger partial charge >= 0.3 is 0 Å². The van der Waals surface area contributed by atoms with Crippen molar-refractivity contribution in [1.29, 1.82) is 0 Å². The van der Waals surface area contributed by atoms with E-state index in [1.165, 1.54) is 6.07 Å². The number of fused-ring (bicyclic) bond motifs is 1. The zero-order chi connectivity index (χ0) is 19.7. The summed E-state index contributed by atoms with van der Waals surface area (Å²) in [5.41, 5.74) is 2.59. The average Bonchev–Trinajstić information content (AvgIpc) is 3.37. The van der Waals surface area contributed by atoms with Crippen molar-refractivity contribution in [1.82, 2.24) is 29.9 Å². The number of aromatic nitrogens is 5. The number of nitrogens with one attached hydrogen (secondary N) is 2. The molecule has 1 amide bonds. The molecule has 1 aromatic carbocycles. The van der Waals surface area contributed by atoms with Gasteiger partial charge in [-0.05, 0) is 50.5 Å². The molecule has 9 heteroatoms. The molecule has 0 unspecified atom stereocenters. The second kappa shape index (κ2) is 7.67. The SMILES string of the molecule is CCn1c(CCNC(=O)c2nn(-c3ccccc3F)c3c2CCC3)n[nH]c1=S. The normalized spacial score (nSPS) is 12.9. The van der Waals surface area contributed by atoms with Crippen molar-refractivity contribution in [2.24, 2.45) is 0 Å². The monoisotopic (exact) mass is 400 g/mol. The molecule has 0 spiro atoms. The van der Waals surface area contributed by atoms with Crippen LogP contribution in [0, 0.1) is 10.6 Å². The van der Waals surface area contributed by atoms with Crippen molar-refractivity contribution < 1.29 is 9.18 Å².